The minimum absolute atomic E-state index is 0.530. The Morgan fingerprint density at radius 3 is 2.60 bits per heavy atom. The van der Waals surface area contributed by atoms with Crippen molar-refractivity contribution in [2.45, 2.75) is 13.8 Å². The van der Waals surface area contributed by atoms with Crippen LogP contribution in [0.4, 0.5) is 5.82 Å². The molecule has 0 unspecified atom stereocenters. The lowest BCUT2D eigenvalue weighted by Crippen LogP contribution is -1.95. The number of rotatable bonds is 1. The quantitative estimate of drug-likeness (QED) is 0.772. The Kier molecular flexibility index (Phi) is 2.23. The van der Waals surface area contributed by atoms with Crippen molar-refractivity contribution in [2.24, 2.45) is 0 Å². The van der Waals surface area contributed by atoms with Crippen LogP contribution >= 0.6 is 0 Å². The van der Waals surface area contributed by atoms with Crippen molar-refractivity contribution in [1.82, 2.24) is 4.98 Å². The molecule has 0 radical (unpaired) electrons. The number of fused-ring (bicyclic) bond motifs is 1. The molecule has 0 atom stereocenters. The monoisotopic (exact) mass is 202 g/mol. The van der Waals surface area contributed by atoms with E-state index in [2.05, 4.69) is 11.1 Å². The van der Waals surface area contributed by atoms with E-state index < -0.39 is 0 Å². The van der Waals surface area contributed by atoms with Gasteiger partial charge in [0.05, 0.1) is 7.11 Å². The maximum atomic E-state index is 5.72. The lowest BCUT2D eigenvalue weighted by Gasteiger charge is -2.09. The minimum Gasteiger partial charge on any atom is -0.494 e. The molecule has 3 nitrogen and oxygen atoms in total. The third-order valence-corrected chi connectivity index (χ3v) is 2.47. The van der Waals surface area contributed by atoms with Gasteiger partial charge in [0.15, 0.2) is 0 Å². The molecule has 78 valence electrons. The predicted octanol–water partition coefficient (Wildman–Crippen LogP) is 2.44. The highest BCUT2D eigenvalue weighted by molar-refractivity contribution is 5.89. The normalized spacial score (nSPS) is 10.6. The van der Waals surface area contributed by atoms with Gasteiger partial charge in [0.1, 0.15) is 17.1 Å². The number of nitrogens with zero attached hydrogens (tertiary/aromatic N) is 1. The van der Waals surface area contributed by atoms with Crippen LogP contribution in [0.2, 0.25) is 0 Å². The van der Waals surface area contributed by atoms with E-state index >= 15 is 0 Å². The molecule has 0 amide bonds. The number of pyridine rings is 1. The molecule has 0 aliphatic carbocycles. The average molecular weight is 202 g/mol. The summed E-state index contributed by atoms with van der Waals surface area (Å²) in [6, 6.07) is 5.94. The van der Waals surface area contributed by atoms with E-state index in [9.17, 15) is 0 Å². The second-order valence-electron chi connectivity index (χ2n) is 3.73. The molecule has 0 aliphatic rings. The van der Waals surface area contributed by atoms with Crippen LogP contribution in [0.25, 0.3) is 10.9 Å². The van der Waals surface area contributed by atoms with Gasteiger partial charge in [0.2, 0.25) is 0 Å². The highest BCUT2D eigenvalue weighted by Gasteiger charge is 2.07. The zero-order chi connectivity index (χ0) is 11.0. The van der Waals surface area contributed by atoms with Gasteiger partial charge >= 0.3 is 0 Å². The first kappa shape index (κ1) is 9.77. The van der Waals surface area contributed by atoms with Crippen LogP contribution in [0.15, 0.2) is 18.2 Å². The van der Waals surface area contributed by atoms with E-state index in [1.54, 1.807) is 7.11 Å². The van der Waals surface area contributed by atoms with Crippen molar-refractivity contribution in [2.75, 3.05) is 12.8 Å². The average Bonchev–Trinajstić information content (AvgIpc) is 2.18. The predicted molar refractivity (Wildman–Crippen MR) is 62.2 cm³/mol. The molecule has 2 rings (SSSR count). The molecule has 1 aromatic carbocycles. The zero-order valence-electron chi connectivity index (χ0n) is 9.16. The highest BCUT2D eigenvalue weighted by Crippen LogP contribution is 2.28. The number of anilines is 1. The molecule has 15 heavy (non-hydrogen) atoms. The van der Waals surface area contributed by atoms with Crippen molar-refractivity contribution < 1.29 is 4.74 Å². The van der Waals surface area contributed by atoms with Gasteiger partial charge in [-0.05, 0) is 43.2 Å². The lowest BCUT2D eigenvalue weighted by molar-refractivity contribution is 0.418. The third-order valence-electron chi connectivity index (χ3n) is 2.47. The van der Waals surface area contributed by atoms with Crippen molar-refractivity contribution in [1.29, 1.82) is 0 Å². The van der Waals surface area contributed by atoms with Crippen LogP contribution in [0, 0.1) is 13.8 Å². The number of hydrogen-bond donors (Lipinski definition) is 1. The SMILES string of the molecule is COc1cc(C)cc2c(C)cc(N)nc12. The number of aromatic nitrogens is 1. The molecular formula is C12H14N2O. The topological polar surface area (TPSA) is 48.1 Å². The fraction of sp³-hybridized carbons (Fsp3) is 0.250. The Bertz CT molecular complexity index is 521. The van der Waals surface area contributed by atoms with Gasteiger partial charge < -0.3 is 10.5 Å². The Labute approximate surface area is 88.9 Å². The summed E-state index contributed by atoms with van der Waals surface area (Å²) in [4.78, 5) is 4.30. The maximum absolute atomic E-state index is 5.72. The standard InChI is InChI=1S/C12H14N2O/c1-7-4-9-8(2)6-11(13)14-12(9)10(5-7)15-3/h4-6H,1-3H3,(H2,13,14). The molecule has 2 aromatic rings. The summed E-state index contributed by atoms with van der Waals surface area (Å²) in [7, 11) is 1.65. The largest absolute Gasteiger partial charge is 0.494 e. The maximum Gasteiger partial charge on any atom is 0.145 e. The summed E-state index contributed by atoms with van der Waals surface area (Å²) in [5.74, 6) is 1.31. The fourth-order valence-corrected chi connectivity index (χ4v) is 1.78. The number of ether oxygens (including phenoxy) is 1. The summed E-state index contributed by atoms with van der Waals surface area (Å²) in [6.07, 6.45) is 0. The van der Waals surface area contributed by atoms with Crippen LogP contribution in [0.1, 0.15) is 11.1 Å². The summed E-state index contributed by atoms with van der Waals surface area (Å²) >= 11 is 0. The second kappa shape index (κ2) is 3.42. The van der Waals surface area contributed by atoms with Crippen LogP contribution in [-0.2, 0) is 0 Å². The van der Waals surface area contributed by atoms with Gasteiger partial charge in [-0.1, -0.05) is 0 Å². The number of benzene rings is 1. The first-order valence-corrected chi connectivity index (χ1v) is 4.83. The number of hydrogen-bond acceptors (Lipinski definition) is 3. The van der Waals surface area contributed by atoms with Gasteiger partial charge in [-0.15, -0.1) is 0 Å². The molecule has 0 saturated heterocycles. The molecule has 0 saturated carbocycles. The Balaban J connectivity index is 2.89. The summed E-state index contributed by atoms with van der Waals surface area (Å²) in [5, 5.41) is 1.10. The smallest absolute Gasteiger partial charge is 0.145 e. The number of methoxy groups -OCH3 is 1. The van der Waals surface area contributed by atoms with E-state index in [-0.39, 0.29) is 0 Å². The Morgan fingerprint density at radius 2 is 1.93 bits per heavy atom. The zero-order valence-corrected chi connectivity index (χ0v) is 9.16. The minimum atomic E-state index is 0.530. The molecule has 3 heteroatoms. The van der Waals surface area contributed by atoms with Gasteiger partial charge in [0, 0.05) is 5.39 Å². The third kappa shape index (κ3) is 1.61. The molecule has 2 N–H and O–H groups in total. The Morgan fingerprint density at radius 1 is 1.20 bits per heavy atom. The van der Waals surface area contributed by atoms with E-state index in [0.29, 0.717) is 5.82 Å². The van der Waals surface area contributed by atoms with Gasteiger partial charge in [-0.25, -0.2) is 4.98 Å². The fourth-order valence-electron chi connectivity index (χ4n) is 1.78. The van der Waals surface area contributed by atoms with Crippen molar-refractivity contribution in [3.8, 4) is 5.75 Å². The van der Waals surface area contributed by atoms with Crippen LogP contribution in [0.3, 0.4) is 0 Å². The Hall–Kier alpha value is -1.77. The molecular weight excluding hydrogens is 188 g/mol. The first-order valence-electron chi connectivity index (χ1n) is 4.83. The van der Waals surface area contributed by atoms with Crippen molar-refractivity contribution >= 4 is 16.7 Å². The summed E-state index contributed by atoms with van der Waals surface area (Å²) in [5.41, 5.74) is 8.84. The molecule has 0 spiro atoms. The molecule has 0 fully saturated rings. The van der Waals surface area contributed by atoms with Crippen LogP contribution in [-0.4, -0.2) is 12.1 Å². The van der Waals surface area contributed by atoms with E-state index in [1.807, 2.05) is 26.0 Å². The van der Waals surface area contributed by atoms with Crippen LogP contribution in [0.5, 0.6) is 5.75 Å². The molecule has 0 bridgehead atoms. The van der Waals surface area contributed by atoms with Gasteiger partial charge in [-0.2, -0.15) is 0 Å². The number of nitrogen functional groups attached to an aromatic ring is 1. The second-order valence-corrected chi connectivity index (χ2v) is 3.73. The van der Waals surface area contributed by atoms with E-state index in [0.717, 1.165) is 27.8 Å². The summed E-state index contributed by atoms with van der Waals surface area (Å²) < 4.78 is 5.30. The molecule has 1 heterocycles. The molecule has 1 aromatic heterocycles. The first-order chi connectivity index (χ1) is 7.11. The van der Waals surface area contributed by atoms with E-state index in [4.69, 9.17) is 10.5 Å². The van der Waals surface area contributed by atoms with Gasteiger partial charge in [-0.3, -0.25) is 0 Å². The van der Waals surface area contributed by atoms with Crippen molar-refractivity contribution in [3.63, 3.8) is 0 Å². The summed E-state index contributed by atoms with van der Waals surface area (Å²) in [6.45, 7) is 4.07. The lowest BCUT2D eigenvalue weighted by atomic mass is 10.1. The number of aryl methyl sites for hydroxylation is 2. The van der Waals surface area contributed by atoms with Crippen LogP contribution < -0.4 is 10.5 Å². The van der Waals surface area contributed by atoms with E-state index in [1.165, 1.54) is 0 Å². The molecule has 0 aliphatic heterocycles. The van der Waals surface area contributed by atoms with Gasteiger partial charge in [0.25, 0.3) is 0 Å². The highest BCUT2D eigenvalue weighted by atomic mass is 16.5. The van der Waals surface area contributed by atoms with Crippen molar-refractivity contribution in [3.05, 3.63) is 29.3 Å². The number of nitrogens with two attached hydrogens (primary N) is 1.